The molecule has 0 aliphatic heterocycles. The molecule has 0 aromatic heterocycles. The Balaban J connectivity index is 0.00000225. The van der Waals surface area contributed by atoms with Crippen LogP contribution in [0, 0.1) is 0 Å². The van der Waals surface area contributed by atoms with E-state index in [1.807, 2.05) is 25.1 Å². The van der Waals surface area contributed by atoms with Gasteiger partial charge < -0.3 is 10.5 Å². The third-order valence-corrected chi connectivity index (χ3v) is 2.65. The summed E-state index contributed by atoms with van der Waals surface area (Å²) in [4.78, 5) is 0. The van der Waals surface area contributed by atoms with Gasteiger partial charge in [-0.1, -0.05) is 21.5 Å². The van der Waals surface area contributed by atoms with Crippen LogP contribution in [0.1, 0.15) is 24.9 Å². The molecule has 0 amide bonds. The van der Waals surface area contributed by atoms with Crippen molar-refractivity contribution < 1.29 is 4.74 Å². The molecule has 0 spiro atoms. The average Bonchev–Trinajstić information content (AvgIpc) is 2.16. The van der Waals surface area contributed by atoms with Crippen molar-refractivity contribution in [2.75, 3.05) is 7.11 Å². The molecule has 2 N–H and O–H groups in total. The molecule has 90 valence electrons. The lowest BCUT2D eigenvalue weighted by molar-refractivity contribution is 0.405. The largest absolute Gasteiger partial charge is 0.496 e. The molecule has 0 radical (unpaired) electrons. The summed E-state index contributed by atoms with van der Waals surface area (Å²) in [5, 5.41) is 0. The summed E-state index contributed by atoms with van der Waals surface area (Å²) >= 11 is 3.43. The molecule has 0 saturated carbocycles. The molecule has 0 aliphatic carbocycles. The summed E-state index contributed by atoms with van der Waals surface area (Å²) in [5.41, 5.74) is 8.16. The quantitative estimate of drug-likeness (QED) is 0.858. The zero-order valence-electron chi connectivity index (χ0n) is 9.50. The number of benzene rings is 1. The molecule has 0 bridgehead atoms. The third-order valence-electron chi connectivity index (χ3n) is 2.16. The molecule has 2 nitrogen and oxygen atoms in total. The smallest absolute Gasteiger partial charge is 0.123 e. The Hall–Kier alpha value is -0.510. The molecular formula is C12H17BrClNO. The number of ether oxygens (including phenoxy) is 1. The molecule has 4 heteroatoms. The van der Waals surface area contributed by atoms with Crippen molar-refractivity contribution in [1.82, 2.24) is 0 Å². The minimum Gasteiger partial charge on any atom is -0.496 e. The minimum absolute atomic E-state index is 0. The summed E-state index contributed by atoms with van der Waals surface area (Å²) in [5.74, 6) is 0.826. The van der Waals surface area contributed by atoms with Gasteiger partial charge in [-0.15, -0.1) is 19.0 Å². The minimum atomic E-state index is -0.0602. The fourth-order valence-electron chi connectivity index (χ4n) is 1.48. The Bertz CT molecular complexity index is 368. The first-order chi connectivity index (χ1) is 7.04. The molecular weight excluding hydrogens is 289 g/mol. The van der Waals surface area contributed by atoms with E-state index in [0.29, 0.717) is 0 Å². The van der Waals surface area contributed by atoms with Crippen LogP contribution in [0.15, 0.2) is 34.8 Å². The van der Waals surface area contributed by atoms with E-state index in [1.165, 1.54) is 0 Å². The molecule has 1 rings (SSSR count). The van der Waals surface area contributed by atoms with Gasteiger partial charge in [0.25, 0.3) is 0 Å². The molecule has 0 unspecified atom stereocenters. The summed E-state index contributed by atoms with van der Waals surface area (Å²) in [6.07, 6.45) is 0.771. The van der Waals surface area contributed by atoms with Gasteiger partial charge in [-0.2, -0.15) is 0 Å². The van der Waals surface area contributed by atoms with Crippen molar-refractivity contribution in [3.8, 4) is 5.75 Å². The highest BCUT2D eigenvalue weighted by Crippen LogP contribution is 2.29. The van der Waals surface area contributed by atoms with Crippen LogP contribution in [0.3, 0.4) is 0 Å². The first-order valence-corrected chi connectivity index (χ1v) is 5.57. The topological polar surface area (TPSA) is 35.2 Å². The lowest BCUT2D eigenvalue weighted by Crippen LogP contribution is -2.11. The second-order valence-electron chi connectivity index (χ2n) is 3.65. The molecule has 1 aromatic rings. The van der Waals surface area contributed by atoms with Crippen LogP contribution in [0.4, 0.5) is 0 Å². The summed E-state index contributed by atoms with van der Waals surface area (Å²) in [7, 11) is 1.65. The van der Waals surface area contributed by atoms with Crippen LogP contribution in [0.25, 0.3) is 0 Å². The zero-order chi connectivity index (χ0) is 11.4. The predicted octanol–water partition coefficient (Wildman–Crippen LogP) is 3.85. The number of halogens is 2. The van der Waals surface area contributed by atoms with Crippen molar-refractivity contribution in [1.29, 1.82) is 0 Å². The number of methoxy groups -OCH3 is 1. The van der Waals surface area contributed by atoms with Gasteiger partial charge >= 0.3 is 0 Å². The fraction of sp³-hybridized carbons (Fsp3) is 0.333. The van der Waals surface area contributed by atoms with E-state index in [0.717, 1.165) is 27.8 Å². The van der Waals surface area contributed by atoms with Crippen molar-refractivity contribution in [2.45, 2.75) is 19.4 Å². The van der Waals surface area contributed by atoms with Crippen LogP contribution in [-0.4, -0.2) is 7.11 Å². The van der Waals surface area contributed by atoms with Gasteiger partial charge in [-0.3, -0.25) is 0 Å². The summed E-state index contributed by atoms with van der Waals surface area (Å²) < 4.78 is 6.28. The van der Waals surface area contributed by atoms with Crippen LogP contribution in [0.2, 0.25) is 0 Å². The molecule has 0 fully saturated rings. The highest BCUT2D eigenvalue weighted by atomic mass is 79.9. The summed E-state index contributed by atoms with van der Waals surface area (Å²) in [6.45, 7) is 5.84. The predicted molar refractivity (Wildman–Crippen MR) is 74.3 cm³/mol. The number of hydrogen-bond donors (Lipinski definition) is 1. The fourth-order valence-corrected chi connectivity index (χ4v) is 1.86. The zero-order valence-corrected chi connectivity index (χ0v) is 11.9. The van der Waals surface area contributed by atoms with Crippen LogP contribution in [0.5, 0.6) is 5.75 Å². The Morgan fingerprint density at radius 3 is 2.69 bits per heavy atom. The molecule has 1 atom stereocenters. The van der Waals surface area contributed by atoms with E-state index in [2.05, 4.69) is 22.5 Å². The van der Waals surface area contributed by atoms with Gasteiger partial charge in [-0.05, 0) is 31.5 Å². The first kappa shape index (κ1) is 15.5. The van der Waals surface area contributed by atoms with E-state index < -0.39 is 0 Å². The van der Waals surface area contributed by atoms with Gasteiger partial charge in [0.05, 0.1) is 7.11 Å². The molecule has 0 heterocycles. The standard InChI is InChI=1S/C12H16BrNO.ClH/c1-8(2)6-11(14)10-7-9(13)4-5-12(10)15-3;/h4-5,7,11H,1,6,14H2,2-3H3;1H/t11-;/m0./s1. The van der Waals surface area contributed by atoms with E-state index in [1.54, 1.807) is 7.11 Å². The second kappa shape index (κ2) is 6.94. The van der Waals surface area contributed by atoms with Crippen LogP contribution < -0.4 is 10.5 Å². The Kier molecular flexibility index (Phi) is 6.72. The lowest BCUT2D eigenvalue weighted by Gasteiger charge is -2.16. The van der Waals surface area contributed by atoms with Gasteiger partial charge in [0, 0.05) is 16.1 Å². The monoisotopic (exact) mass is 305 g/mol. The van der Waals surface area contributed by atoms with Crippen molar-refractivity contribution in [2.24, 2.45) is 5.73 Å². The Morgan fingerprint density at radius 1 is 1.56 bits per heavy atom. The van der Waals surface area contributed by atoms with Gasteiger partial charge in [-0.25, -0.2) is 0 Å². The molecule has 0 saturated heterocycles. The van der Waals surface area contributed by atoms with Crippen molar-refractivity contribution >= 4 is 28.3 Å². The number of hydrogen-bond acceptors (Lipinski definition) is 2. The van der Waals surface area contributed by atoms with Gasteiger partial charge in [0.1, 0.15) is 5.75 Å². The third kappa shape index (κ3) is 4.16. The Morgan fingerprint density at radius 2 is 2.19 bits per heavy atom. The van der Waals surface area contributed by atoms with E-state index in [9.17, 15) is 0 Å². The highest BCUT2D eigenvalue weighted by Gasteiger charge is 2.12. The molecule has 1 aromatic carbocycles. The molecule has 0 aliphatic rings. The Labute approximate surface area is 111 Å². The first-order valence-electron chi connectivity index (χ1n) is 4.78. The lowest BCUT2D eigenvalue weighted by atomic mass is 10.0. The average molecular weight is 307 g/mol. The maximum atomic E-state index is 6.08. The SMILES string of the molecule is C=C(C)C[C@H](N)c1cc(Br)ccc1OC.Cl. The van der Waals surface area contributed by atoms with Crippen molar-refractivity contribution in [3.05, 3.63) is 40.4 Å². The van der Waals surface area contributed by atoms with E-state index >= 15 is 0 Å². The summed E-state index contributed by atoms with van der Waals surface area (Å²) in [6, 6.07) is 5.79. The van der Waals surface area contributed by atoms with Gasteiger partial charge in [0.2, 0.25) is 0 Å². The van der Waals surface area contributed by atoms with E-state index in [-0.39, 0.29) is 18.4 Å². The normalized spacial score (nSPS) is 11.5. The number of rotatable bonds is 4. The van der Waals surface area contributed by atoms with E-state index in [4.69, 9.17) is 10.5 Å². The maximum Gasteiger partial charge on any atom is 0.123 e. The molecule has 16 heavy (non-hydrogen) atoms. The van der Waals surface area contributed by atoms with Crippen LogP contribution in [-0.2, 0) is 0 Å². The highest BCUT2D eigenvalue weighted by molar-refractivity contribution is 9.10. The van der Waals surface area contributed by atoms with Crippen molar-refractivity contribution in [3.63, 3.8) is 0 Å². The van der Waals surface area contributed by atoms with Gasteiger partial charge in [0.15, 0.2) is 0 Å². The maximum absolute atomic E-state index is 6.08. The van der Waals surface area contributed by atoms with Crippen LogP contribution >= 0.6 is 28.3 Å². The second-order valence-corrected chi connectivity index (χ2v) is 4.57. The number of nitrogens with two attached hydrogens (primary N) is 1.